The molecule has 0 aromatic heterocycles. The standard InChI is InChI=1S/C27H35FN2O6/c1-3-5-27(36)21-15(11-18(31)22(27)26(29)35)9-14-10-17-13(4-2)8-16(12-30-7-6-28)23(32)20(17)24(33)19(14)25(21)34/h8,14-15,21,30-32,34,36H,3-7,9-12H2,1-2H3,(H2,29,35). The third-order valence-electron chi connectivity index (χ3n) is 8.08. The molecule has 1 aromatic carbocycles. The molecular formula is C27H35FN2O6. The summed E-state index contributed by atoms with van der Waals surface area (Å²) in [5, 5.41) is 47.8. The van der Waals surface area contributed by atoms with Crippen LogP contribution in [0.4, 0.5) is 4.39 Å². The lowest BCUT2D eigenvalue weighted by Crippen LogP contribution is -2.54. The van der Waals surface area contributed by atoms with Crippen LogP contribution in [-0.4, -0.2) is 50.9 Å². The predicted octanol–water partition coefficient (Wildman–Crippen LogP) is 3.05. The molecule has 0 bridgehead atoms. The van der Waals surface area contributed by atoms with Gasteiger partial charge < -0.3 is 31.5 Å². The highest BCUT2D eigenvalue weighted by molar-refractivity contribution is 6.13. The van der Waals surface area contributed by atoms with Crippen molar-refractivity contribution in [3.63, 3.8) is 0 Å². The zero-order chi connectivity index (χ0) is 26.4. The predicted molar refractivity (Wildman–Crippen MR) is 131 cm³/mol. The van der Waals surface area contributed by atoms with Gasteiger partial charge in [-0.3, -0.25) is 9.59 Å². The number of aliphatic hydroxyl groups is 3. The van der Waals surface area contributed by atoms with E-state index in [4.69, 9.17) is 5.73 Å². The minimum absolute atomic E-state index is 0.0644. The van der Waals surface area contributed by atoms with Gasteiger partial charge in [-0.1, -0.05) is 26.3 Å². The van der Waals surface area contributed by atoms with E-state index in [1.165, 1.54) is 0 Å². The van der Waals surface area contributed by atoms with Gasteiger partial charge in [0.25, 0.3) is 5.91 Å². The molecule has 1 aromatic rings. The number of carbonyl (C=O) groups is 2. The minimum atomic E-state index is -1.91. The van der Waals surface area contributed by atoms with Crippen molar-refractivity contribution in [3.8, 4) is 5.75 Å². The second kappa shape index (κ2) is 9.86. The fourth-order valence-corrected chi connectivity index (χ4v) is 6.73. The smallest absolute Gasteiger partial charge is 0.250 e. The van der Waals surface area contributed by atoms with Crippen molar-refractivity contribution < 1.29 is 34.4 Å². The quantitative estimate of drug-likeness (QED) is 0.299. The number of nitrogens with two attached hydrogens (primary N) is 1. The fraction of sp³-hybridized carbons (Fsp3) is 0.556. The van der Waals surface area contributed by atoms with Gasteiger partial charge in [0.2, 0.25) is 0 Å². The second-order valence-electron chi connectivity index (χ2n) is 10.2. The number of halogens is 1. The fourth-order valence-electron chi connectivity index (χ4n) is 6.73. The first-order valence-corrected chi connectivity index (χ1v) is 12.7. The highest BCUT2D eigenvalue weighted by Crippen LogP contribution is 2.55. The van der Waals surface area contributed by atoms with Crippen molar-refractivity contribution in [2.75, 3.05) is 13.2 Å². The van der Waals surface area contributed by atoms with Gasteiger partial charge in [0, 0.05) is 30.6 Å². The Bertz CT molecular complexity index is 1160. The number of fused-ring (bicyclic) bond motifs is 3. The molecule has 36 heavy (non-hydrogen) atoms. The number of nitrogens with one attached hydrogen (secondary N) is 1. The maximum Gasteiger partial charge on any atom is 0.250 e. The van der Waals surface area contributed by atoms with E-state index in [0.29, 0.717) is 31.2 Å². The summed E-state index contributed by atoms with van der Waals surface area (Å²) in [5.74, 6) is -3.95. The average molecular weight is 503 g/mol. The van der Waals surface area contributed by atoms with Gasteiger partial charge in [-0.25, -0.2) is 4.39 Å². The second-order valence-corrected chi connectivity index (χ2v) is 10.2. The number of aromatic hydroxyl groups is 1. The molecule has 0 radical (unpaired) electrons. The zero-order valence-corrected chi connectivity index (χ0v) is 20.7. The molecule has 0 aliphatic heterocycles. The van der Waals surface area contributed by atoms with Crippen LogP contribution in [0.1, 0.15) is 66.6 Å². The van der Waals surface area contributed by atoms with Crippen molar-refractivity contribution in [3.05, 3.63) is 51.0 Å². The van der Waals surface area contributed by atoms with Crippen LogP contribution in [0.5, 0.6) is 5.75 Å². The van der Waals surface area contributed by atoms with Gasteiger partial charge in [-0.2, -0.15) is 0 Å². The topological polar surface area (TPSA) is 153 Å². The van der Waals surface area contributed by atoms with E-state index < -0.39 is 35.8 Å². The third kappa shape index (κ3) is 3.98. The van der Waals surface area contributed by atoms with E-state index in [0.717, 1.165) is 11.1 Å². The number of primary amides is 1. The number of rotatable bonds is 8. The Labute approximate surface area is 209 Å². The van der Waals surface area contributed by atoms with Crippen molar-refractivity contribution in [2.45, 2.75) is 64.5 Å². The van der Waals surface area contributed by atoms with Gasteiger partial charge in [0.15, 0.2) is 5.78 Å². The van der Waals surface area contributed by atoms with E-state index in [9.17, 15) is 34.4 Å². The Hall–Kier alpha value is -2.91. The molecule has 0 fully saturated rings. The normalized spacial score (nSPS) is 27.6. The summed E-state index contributed by atoms with van der Waals surface area (Å²) < 4.78 is 12.6. The monoisotopic (exact) mass is 502 g/mol. The van der Waals surface area contributed by atoms with Crippen molar-refractivity contribution in [2.24, 2.45) is 23.5 Å². The summed E-state index contributed by atoms with van der Waals surface area (Å²) in [4.78, 5) is 26.1. The molecule has 3 aliphatic carbocycles. The highest BCUT2D eigenvalue weighted by Gasteiger charge is 2.57. The molecule has 0 saturated heterocycles. The molecule has 9 heteroatoms. The maximum atomic E-state index is 13.9. The molecule has 4 atom stereocenters. The Morgan fingerprint density at radius 1 is 1.22 bits per heavy atom. The summed E-state index contributed by atoms with van der Waals surface area (Å²) in [6.45, 7) is 3.49. The first-order valence-electron chi connectivity index (χ1n) is 12.7. The molecule has 4 rings (SSSR count). The number of hydrogen-bond donors (Lipinski definition) is 6. The molecule has 0 heterocycles. The number of allylic oxidation sites excluding steroid dienone is 2. The number of ketones is 1. The molecular weight excluding hydrogens is 467 g/mol. The van der Waals surface area contributed by atoms with Crippen molar-refractivity contribution in [1.82, 2.24) is 5.32 Å². The Balaban J connectivity index is 1.86. The van der Waals surface area contributed by atoms with Crippen LogP contribution in [0, 0.1) is 17.8 Å². The number of carbonyl (C=O) groups excluding carboxylic acids is 2. The number of benzene rings is 1. The molecule has 0 saturated carbocycles. The first kappa shape index (κ1) is 26.2. The van der Waals surface area contributed by atoms with Crippen LogP contribution >= 0.6 is 0 Å². The van der Waals surface area contributed by atoms with Crippen LogP contribution < -0.4 is 11.1 Å². The van der Waals surface area contributed by atoms with Gasteiger partial charge >= 0.3 is 0 Å². The van der Waals surface area contributed by atoms with E-state index >= 15 is 0 Å². The highest BCUT2D eigenvalue weighted by atomic mass is 19.1. The van der Waals surface area contributed by atoms with Crippen LogP contribution in [0.25, 0.3) is 0 Å². The molecule has 8 nitrogen and oxygen atoms in total. The number of phenols is 1. The van der Waals surface area contributed by atoms with Gasteiger partial charge in [0.05, 0.1) is 17.1 Å². The summed E-state index contributed by atoms with van der Waals surface area (Å²) in [7, 11) is 0. The Kier molecular flexibility index (Phi) is 7.16. The largest absolute Gasteiger partial charge is 0.512 e. The molecule has 0 spiro atoms. The minimum Gasteiger partial charge on any atom is -0.512 e. The maximum absolute atomic E-state index is 13.9. The van der Waals surface area contributed by atoms with E-state index in [1.807, 2.05) is 13.0 Å². The Morgan fingerprint density at radius 2 is 1.94 bits per heavy atom. The number of amides is 1. The lowest BCUT2D eigenvalue weighted by molar-refractivity contribution is -0.120. The molecule has 1 amide bonds. The zero-order valence-electron chi connectivity index (χ0n) is 20.7. The van der Waals surface area contributed by atoms with Crippen molar-refractivity contribution in [1.29, 1.82) is 0 Å². The van der Waals surface area contributed by atoms with Gasteiger partial charge in [-0.05, 0) is 48.6 Å². The van der Waals surface area contributed by atoms with Crippen LogP contribution in [0.3, 0.4) is 0 Å². The number of Topliss-reactive ketones (excluding diaryl/α,β-unsaturated/α-hetero) is 1. The number of alkyl halides is 1. The molecule has 3 aliphatic rings. The summed E-state index contributed by atoms with van der Waals surface area (Å²) >= 11 is 0. The van der Waals surface area contributed by atoms with E-state index in [1.54, 1.807) is 6.92 Å². The summed E-state index contributed by atoms with van der Waals surface area (Å²) in [6, 6.07) is 1.83. The van der Waals surface area contributed by atoms with Crippen LogP contribution in [-0.2, 0) is 24.2 Å². The SMILES string of the molecule is CCCC1(O)C(C(N)=O)=C(O)CC2CC3Cc4c(CC)cc(CNCCF)c(O)c4C(=O)C3=C(O)C21. The average Bonchev–Trinajstić information content (AvgIpc) is 2.79. The Morgan fingerprint density at radius 3 is 2.56 bits per heavy atom. The van der Waals surface area contributed by atoms with Gasteiger partial charge in [-0.15, -0.1) is 0 Å². The van der Waals surface area contributed by atoms with Gasteiger partial charge in [0.1, 0.15) is 29.5 Å². The van der Waals surface area contributed by atoms with Crippen LogP contribution in [0.15, 0.2) is 28.7 Å². The van der Waals surface area contributed by atoms with Crippen molar-refractivity contribution >= 4 is 11.7 Å². The van der Waals surface area contributed by atoms with E-state index in [2.05, 4.69) is 5.32 Å². The third-order valence-corrected chi connectivity index (χ3v) is 8.08. The number of hydrogen-bond acceptors (Lipinski definition) is 7. The van der Waals surface area contributed by atoms with E-state index in [-0.39, 0.29) is 65.8 Å². The molecule has 196 valence electrons. The van der Waals surface area contributed by atoms with Crippen LogP contribution in [0.2, 0.25) is 0 Å². The lowest BCUT2D eigenvalue weighted by atomic mass is 9.57. The molecule has 7 N–H and O–H groups in total. The molecule has 4 unspecified atom stereocenters. The number of aryl methyl sites for hydroxylation is 1. The first-order chi connectivity index (χ1) is 17.1. The number of phenolic OH excluding ortho intramolecular Hbond substituents is 1. The summed E-state index contributed by atoms with van der Waals surface area (Å²) in [5.41, 5.74) is 5.68. The lowest BCUT2D eigenvalue weighted by Gasteiger charge is -2.49. The number of aliphatic hydroxyl groups excluding tert-OH is 2. The summed E-state index contributed by atoms with van der Waals surface area (Å²) in [6.07, 6.45) is 2.03.